The minimum atomic E-state index is -0.00674. The van der Waals surface area contributed by atoms with Crippen LogP contribution in [-0.2, 0) is 17.8 Å². The molecule has 0 saturated carbocycles. The molecule has 3 rings (SSSR count). The molecular formula is C17H16ClN3O3. The largest absolute Gasteiger partial charge is 0.461 e. The molecule has 0 N–H and O–H groups in total. The van der Waals surface area contributed by atoms with E-state index in [1.807, 2.05) is 18.2 Å². The summed E-state index contributed by atoms with van der Waals surface area (Å²) in [6.07, 6.45) is 2.21. The third-order valence-corrected chi connectivity index (χ3v) is 3.73. The quantitative estimate of drug-likeness (QED) is 0.682. The number of amides is 1. The Kier molecular flexibility index (Phi) is 4.96. The van der Waals surface area contributed by atoms with E-state index in [4.69, 9.17) is 20.5 Å². The van der Waals surface area contributed by atoms with Gasteiger partial charge in [0.2, 0.25) is 17.6 Å². The Bertz CT molecular complexity index is 814. The summed E-state index contributed by atoms with van der Waals surface area (Å²) in [6.45, 7) is 0.501. The van der Waals surface area contributed by atoms with Crippen LogP contribution in [0, 0.1) is 0 Å². The van der Waals surface area contributed by atoms with E-state index in [1.54, 1.807) is 36.4 Å². The third-order valence-electron chi connectivity index (χ3n) is 3.50. The minimum absolute atomic E-state index is 0.00674. The van der Waals surface area contributed by atoms with Crippen LogP contribution in [0.2, 0.25) is 5.02 Å². The number of halogens is 1. The SMILES string of the molecule is CN(Cc1cccc(Cl)c1)C(=O)CCc1nc(-c2ccco2)no1. The summed E-state index contributed by atoms with van der Waals surface area (Å²) < 4.78 is 10.3. The highest BCUT2D eigenvalue weighted by Gasteiger charge is 2.14. The lowest BCUT2D eigenvalue weighted by Gasteiger charge is -2.17. The van der Waals surface area contributed by atoms with Gasteiger partial charge in [0.05, 0.1) is 6.26 Å². The highest BCUT2D eigenvalue weighted by molar-refractivity contribution is 6.30. The van der Waals surface area contributed by atoms with Gasteiger partial charge in [-0.25, -0.2) is 0 Å². The molecule has 6 nitrogen and oxygen atoms in total. The Balaban J connectivity index is 1.53. The molecular weight excluding hydrogens is 330 g/mol. The van der Waals surface area contributed by atoms with Crippen molar-refractivity contribution >= 4 is 17.5 Å². The fourth-order valence-corrected chi connectivity index (χ4v) is 2.48. The van der Waals surface area contributed by atoms with Crippen LogP contribution < -0.4 is 0 Å². The number of rotatable bonds is 6. The van der Waals surface area contributed by atoms with Gasteiger partial charge in [-0.2, -0.15) is 4.98 Å². The first-order chi connectivity index (χ1) is 11.6. The number of aryl methyl sites for hydroxylation is 1. The molecule has 0 aliphatic rings. The standard InChI is InChI=1S/C17H16ClN3O3/c1-21(11-12-4-2-5-13(18)10-12)16(22)8-7-15-19-17(20-24-15)14-6-3-9-23-14/h2-6,9-10H,7-8,11H2,1H3. The van der Waals surface area contributed by atoms with Crippen molar-refractivity contribution < 1.29 is 13.7 Å². The van der Waals surface area contributed by atoms with E-state index in [9.17, 15) is 4.79 Å². The van der Waals surface area contributed by atoms with Crippen LogP contribution in [-0.4, -0.2) is 28.0 Å². The number of benzene rings is 1. The lowest BCUT2D eigenvalue weighted by atomic mass is 10.2. The first-order valence-corrected chi connectivity index (χ1v) is 7.84. The molecule has 0 bridgehead atoms. The van der Waals surface area contributed by atoms with Crippen LogP contribution in [0.25, 0.3) is 11.6 Å². The fraction of sp³-hybridized carbons (Fsp3) is 0.235. The van der Waals surface area contributed by atoms with Gasteiger partial charge in [-0.3, -0.25) is 4.79 Å². The summed E-state index contributed by atoms with van der Waals surface area (Å²) in [5.41, 5.74) is 0.983. The van der Waals surface area contributed by atoms with Gasteiger partial charge in [0, 0.05) is 31.5 Å². The van der Waals surface area contributed by atoms with Gasteiger partial charge in [0.25, 0.3) is 0 Å². The minimum Gasteiger partial charge on any atom is -0.461 e. The van der Waals surface area contributed by atoms with Crippen LogP contribution in [0.1, 0.15) is 17.9 Å². The predicted molar refractivity (Wildman–Crippen MR) is 88.2 cm³/mol. The first kappa shape index (κ1) is 16.3. The van der Waals surface area contributed by atoms with Crippen molar-refractivity contribution in [3.63, 3.8) is 0 Å². The molecule has 0 fully saturated rings. The van der Waals surface area contributed by atoms with Gasteiger partial charge >= 0.3 is 0 Å². The Morgan fingerprint density at radius 3 is 2.92 bits per heavy atom. The molecule has 1 amide bonds. The van der Waals surface area contributed by atoms with Crippen molar-refractivity contribution in [2.45, 2.75) is 19.4 Å². The molecule has 0 saturated heterocycles. The van der Waals surface area contributed by atoms with Crippen molar-refractivity contribution in [3.8, 4) is 11.6 Å². The molecule has 0 unspecified atom stereocenters. The topological polar surface area (TPSA) is 72.4 Å². The lowest BCUT2D eigenvalue weighted by Crippen LogP contribution is -2.26. The van der Waals surface area contributed by atoms with Gasteiger partial charge in [-0.05, 0) is 29.8 Å². The number of aromatic nitrogens is 2. The van der Waals surface area contributed by atoms with Gasteiger partial charge in [0.15, 0.2) is 5.76 Å². The molecule has 1 aromatic carbocycles. The third kappa shape index (κ3) is 4.02. The fourth-order valence-electron chi connectivity index (χ4n) is 2.26. The second-order valence-electron chi connectivity index (χ2n) is 5.37. The summed E-state index contributed by atoms with van der Waals surface area (Å²) in [5, 5.41) is 4.50. The normalized spacial score (nSPS) is 10.8. The van der Waals surface area contributed by atoms with Crippen LogP contribution in [0.5, 0.6) is 0 Å². The maximum atomic E-state index is 12.2. The maximum Gasteiger partial charge on any atom is 0.238 e. The molecule has 0 spiro atoms. The highest BCUT2D eigenvalue weighted by Crippen LogP contribution is 2.17. The maximum absolute atomic E-state index is 12.2. The molecule has 7 heteroatoms. The zero-order valence-electron chi connectivity index (χ0n) is 13.1. The number of hydrogen-bond acceptors (Lipinski definition) is 5. The Morgan fingerprint density at radius 2 is 2.17 bits per heavy atom. The number of carbonyl (C=O) groups is 1. The second-order valence-corrected chi connectivity index (χ2v) is 5.81. The number of furan rings is 1. The van der Waals surface area contributed by atoms with Crippen molar-refractivity contribution in [1.82, 2.24) is 15.0 Å². The van der Waals surface area contributed by atoms with Gasteiger partial charge in [0.1, 0.15) is 0 Å². The zero-order valence-corrected chi connectivity index (χ0v) is 13.9. The second kappa shape index (κ2) is 7.31. The summed E-state index contributed by atoms with van der Waals surface area (Å²) in [7, 11) is 1.76. The average Bonchev–Trinajstić information content (AvgIpc) is 3.23. The van der Waals surface area contributed by atoms with E-state index >= 15 is 0 Å². The predicted octanol–water partition coefficient (Wildman–Crippen LogP) is 3.57. The van der Waals surface area contributed by atoms with Crippen molar-refractivity contribution in [3.05, 3.63) is 59.1 Å². The summed E-state index contributed by atoms with van der Waals surface area (Å²) in [4.78, 5) is 18.1. The zero-order chi connectivity index (χ0) is 16.9. The van der Waals surface area contributed by atoms with Gasteiger partial charge in [-0.15, -0.1) is 0 Å². The monoisotopic (exact) mass is 345 g/mol. The molecule has 3 aromatic rings. The number of carbonyl (C=O) groups excluding carboxylic acids is 1. The van der Waals surface area contributed by atoms with Crippen molar-refractivity contribution in [2.24, 2.45) is 0 Å². The summed E-state index contributed by atoms with van der Waals surface area (Å²) >= 11 is 5.95. The summed E-state index contributed by atoms with van der Waals surface area (Å²) in [6, 6.07) is 10.9. The van der Waals surface area contributed by atoms with Gasteiger partial charge < -0.3 is 13.8 Å². The molecule has 0 radical (unpaired) electrons. The molecule has 0 aliphatic heterocycles. The van der Waals surface area contributed by atoms with E-state index in [1.165, 1.54) is 0 Å². The highest BCUT2D eigenvalue weighted by atomic mass is 35.5. The molecule has 0 aliphatic carbocycles. The van der Waals surface area contributed by atoms with E-state index in [2.05, 4.69) is 10.1 Å². The Morgan fingerprint density at radius 1 is 1.29 bits per heavy atom. The molecule has 2 heterocycles. The smallest absolute Gasteiger partial charge is 0.238 e. The van der Waals surface area contributed by atoms with Crippen LogP contribution in [0.4, 0.5) is 0 Å². The van der Waals surface area contributed by atoms with Crippen LogP contribution in [0.15, 0.2) is 51.6 Å². The molecule has 2 aromatic heterocycles. The van der Waals surface area contributed by atoms with Crippen LogP contribution >= 0.6 is 11.6 Å². The lowest BCUT2D eigenvalue weighted by molar-refractivity contribution is -0.130. The summed E-state index contributed by atoms with van der Waals surface area (Å²) in [5.74, 6) is 1.32. The van der Waals surface area contributed by atoms with Crippen LogP contribution in [0.3, 0.4) is 0 Å². The Hall–Kier alpha value is -2.60. The van der Waals surface area contributed by atoms with E-state index in [-0.39, 0.29) is 12.3 Å². The van der Waals surface area contributed by atoms with Crippen molar-refractivity contribution in [1.29, 1.82) is 0 Å². The first-order valence-electron chi connectivity index (χ1n) is 7.46. The number of hydrogen-bond donors (Lipinski definition) is 0. The van der Waals surface area contributed by atoms with Crippen molar-refractivity contribution in [2.75, 3.05) is 7.05 Å². The van der Waals surface area contributed by atoms with E-state index in [0.29, 0.717) is 35.5 Å². The molecule has 24 heavy (non-hydrogen) atoms. The Labute approximate surface area is 144 Å². The average molecular weight is 346 g/mol. The van der Waals surface area contributed by atoms with E-state index in [0.717, 1.165) is 5.56 Å². The molecule has 124 valence electrons. The van der Waals surface area contributed by atoms with E-state index < -0.39 is 0 Å². The number of nitrogens with zero attached hydrogens (tertiary/aromatic N) is 3. The van der Waals surface area contributed by atoms with Gasteiger partial charge in [-0.1, -0.05) is 28.9 Å². The molecule has 0 atom stereocenters.